The van der Waals surface area contributed by atoms with Gasteiger partial charge in [0.25, 0.3) is 5.56 Å². The molecule has 1 aromatic rings. The van der Waals surface area contributed by atoms with Gasteiger partial charge in [-0.2, -0.15) is 0 Å². The lowest BCUT2D eigenvalue weighted by atomic mass is 9.84. The van der Waals surface area contributed by atoms with Gasteiger partial charge in [0.05, 0.1) is 0 Å². The van der Waals surface area contributed by atoms with Gasteiger partial charge in [-0.05, 0) is 25.2 Å². The van der Waals surface area contributed by atoms with Crippen LogP contribution >= 0.6 is 0 Å². The van der Waals surface area contributed by atoms with Gasteiger partial charge < -0.3 is 9.88 Å². The maximum absolute atomic E-state index is 12.2. The Bertz CT molecular complexity index is 455. The first-order valence-electron chi connectivity index (χ1n) is 7.56. The summed E-state index contributed by atoms with van der Waals surface area (Å²) in [4.78, 5) is 16.4. The minimum Gasteiger partial charge on any atom is -0.363 e. The van der Waals surface area contributed by atoms with Crippen molar-refractivity contribution in [3.63, 3.8) is 0 Å². The molecule has 1 saturated carbocycles. The average Bonchev–Trinajstić information content (AvgIpc) is 2.44. The SMILES string of the molecule is CCCn1ccnc(NC2CCCC(CC)C2)c1=O. The molecule has 1 aromatic heterocycles. The highest BCUT2D eigenvalue weighted by molar-refractivity contribution is 5.32. The second kappa shape index (κ2) is 6.73. The van der Waals surface area contributed by atoms with E-state index >= 15 is 0 Å². The molecule has 2 rings (SSSR count). The summed E-state index contributed by atoms with van der Waals surface area (Å²) >= 11 is 0. The summed E-state index contributed by atoms with van der Waals surface area (Å²) in [5.41, 5.74) is 0.0166. The summed E-state index contributed by atoms with van der Waals surface area (Å²) in [6.07, 6.45) is 10.6. The quantitative estimate of drug-likeness (QED) is 0.888. The second-order valence-electron chi connectivity index (χ2n) is 5.56. The number of hydrogen-bond donors (Lipinski definition) is 1. The third-order valence-corrected chi connectivity index (χ3v) is 4.08. The molecule has 1 fully saturated rings. The summed E-state index contributed by atoms with van der Waals surface area (Å²) in [7, 11) is 0. The predicted molar refractivity (Wildman–Crippen MR) is 78.4 cm³/mol. The number of hydrogen-bond acceptors (Lipinski definition) is 3. The normalized spacial score (nSPS) is 23.3. The molecule has 0 aromatic carbocycles. The lowest BCUT2D eigenvalue weighted by Gasteiger charge is -2.29. The van der Waals surface area contributed by atoms with Crippen LogP contribution in [0.25, 0.3) is 0 Å². The maximum Gasteiger partial charge on any atom is 0.293 e. The fraction of sp³-hybridized carbons (Fsp3) is 0.733. The smallest absolute Gasteiger partial charge is 0.293 e. The molecule has 1 aliphatic carbocycles. The van der Waals surface area contributed by atoms with E-state index in [1.54, 1.807) is 17.0 Å². The topological polar surface area (TPSA) is 46.9 Å². The van der Waals surface area contributed by atoms with Crippen molar-refractivity contribution in [2.75, 3.05) is 5.32 Å². The van der Waals surface area contributed by atoms with E-state index in [0.717, 1.165) is 25.3 Å². The number of anilines is 1. The minimum atomic E-state index is 0.0166. The fourth-order valence-electron chi connectivity index (χ4n) is 2.95. The maximum atomic E-state index is 12.2. The Morgan fingerprint density at radius 2 is 2.26 bits per heavy atom. The molecular weight excluding hydrogens is 238 g/mol. The highest BCUT2D eigenvalue weighted by atomic mass is 16.1. The number of aromatic nitrogens is 2. The molecule has 0 aliphatic heterocycles. The molecule has 4 heteroatoms. The summed E-state index contributed by atoms with van der Waals surface area (Å²) in [5.74, 6) is 1.32. The van der Waals surface area contributed by atoms with Crippen LogP contribution in [-0.2, 0) is 6.54 Å². The van der Waals surface area contributed by atoms with Gasteiger partial charge in [0.1, 0.15) is 0 Å². The fourth-order valence-corrected chi connectivity index (χ4v) is 2.95. The summed E-state index contributed by atoms with van der Waals surface area (Å²) in [6, 6.07) is 0.413. The molecule has 106 valence electrons. The zero-order valence-corrected chi connectivity index (χ0v) is 12.1. The van der Waals surface area contributed by atoms with E-state index < -0.39 is 0 Å². The molecule has 0 radical (unpaired) electrons. The van der Waals surface area contributed by atoms with Gasteiger partial charge in [-0.25, -0.2) is 4.98 Å². The third-order valence-electron chi connectivity index (χ3n) is 4.08. The second-order valence-corrected chi connectivity index (χ2v) is 5.56. The highest BCUT2D eigenvalue weighted by Gasteiger charge is 2.21. The van der Waals surface area contributed by atoms with Crippen molar-refractivity contribution in [3.05, 3.63) is 22.7 Å². The van der Waals surface area contributed by atoms with Crippen molar-refractivity contribution in [2.24, 2.45) is 5.92 Å². The molecule has 0 amide bonds. The molecule has 1 N–H and O–H groups in total. The number of nitrogens with zero attached hydrogens (tertiary/aromatic N) is 2. The lowest BCUT2D eigenvalue weighted by molar-refractivity contribution is 0.326. The van der Waals surface area contributed by atoms with E-state index in [1.807, 2.05) is 0 Å². The van der Waals surface area contributed by atoms with E-state index in [1.165, 1.54) is 25.7 Å². The molecule has 0 spiro atoms. The van der Waals surface area contributed by atoms with Crippen molar-refractivity contribution >= 4 is 5.82 Å². The first-order valence-corrected chi connectivity index (χ1v) is 7.56. The van der Waals surface area contributed by atoms with Crippen LogP contribution < -0.4 is 10.9 Å². The minimum absolute atomic E-state index is 0.0166. The Balaban J connectivity index is 2.06. The molecule has 0 bridgehead atoms. The Kier molecular flexibility index (Phi) is 5.00. The lowest BCUT2D eigenvalue weighted by Crippen LogP contribution is -2.32. The van der Waals surface area contributed by atoms with Gasteiger partial charge in [-0.1, -0.05) is 33.1 Å². The molecule has 1 heterocycles. The summed E-state index contributed by atoms with van der Waals surface area (Å²) in [6.45, 7) is 5.09. The van der Waals surface area contributed by atoms with Crippen LogP contribution in [0.15, 0.2) is 17.2 Å². The van der Waals surface area contributed by atoms with E-state index in [0.29, 0.717) is 11.9 Å². The van der Waals surface area contributed by atoms with Gasteiger partial charge in [0, 0.05) is 25.0 Å². The highest BCUT2D eigenvalue weighted by Crippen LogP contribution is 2.27. The Morgan fingerprint density at radius 1 is 1.42 bits per heavy atom. The molecule has 2 unspecified atom stereocenters. The van der Waals surface area contributed by atoms with Crippen LogP contribution in [0, 0.1) is 5.92 Å². The summed E-state index contributed by atoms with van der Waals surface area (Å²) < 4.78 is 1.75. The van der Waals surface area contributed by atoms with Crippen molar-refractivity contribution < 1.29 is 0 Å². The summed E-state index contributed by atoms with van der Waals surface area (Å²) in [5, 5.41) is 3.37. The largest absolute Gasteiger partial charge is 0.363 e. The zero-order valence-electron chi connectivity index (χ0n) is 12.1. The predicted octanol–water partition coefficient (Wildman–Crippen LogP) is 3.03. The first-order chi connectivity index (χ1) is 9.24. The van der Waals surface area contributed by atoms with Gasteiger partial charge in [0.2, 0.25) is 0 Å². The van der Waals surface area contributed by atoms with Crippen LogP contribution in [0.1, 0.15) is 52.4 Å². The van der Waals surface area contributed by atoms with E-state index in [2.05, 4.69) is 24.1 Å². The Morgan fingerprint density at radius 3 is 3.00 bits per heavy atom. The van der Waals surface area contributed by atoms with Gasteiger partial charge in [-0.15, -0.1) is 0 Å². The standard InChI is InChI=1S/C15H25N3O/c1-3-9-18-10-8-16-14(15(18)19)17-13-7-5-6-12(4-2)11-13/h8,10,12-13H,3-7,9,11H2,1-2H3,(H,16,17). The van der Waals surface area contributed by atoms with Crippen molar-refractivity contribution in [1.29, 1.82) is 0 Å². The number of aryl methyl sites for hydroxylation is 1. The molecule has 0 saturated heterocycles. The Hall–Kier alpha value is -1.32. The van der Waals surface area contributed by atoms with Crippen molar-refractivity contribution in [2.45, 2.75) is 65.0 Å². The van der Waals surface area contributed by atoms with E-state index in [4.69, 9.17) is 0 Å². The first kappa shape index (κ1) is 14.1. The van der Waals surface area contributed by atoms with Crippen molar-refractivity contribution in [3.8, 4) is 0 Å². The molecule has 1 aliphatic rings. The van der Waals surface area contributed by atoms with Crippen LogP contribution in [0.2, 0.25) is 0 Å². The van der Waals surface area contributed by atoms with E-state index in [-0.39, 0.29) is 5.56 Å². The molecule has 2 atom stereocenters. The number of nitrogens with one attached hydrogen (secondary N) is 1. The Labute approximate surface area is 115 Å². The zero-order chi connectivity index (χ0) is 13.7. The molecular formula is C15H25N3O. The third kappa shape index (κ3) is 3.58. The van der Waals surface area contributed by atoms with Gasteiger partial charge >= 0.3 is 0 Å². The average molecular weight is 263 g/mol. The van der Waals surface area contributed by atoms with E-state index in [9.17, 15) is 4.79 Å². The van der Waals surface area contributed by atoms with Crippen molar-refractivity contribution in [1.82, 2.24) is 9.55 Å². The van der Waals surface area contributed by atoms with Crippen LogP contribution in [-0.4, -0.2) is 15.6 Å². The number of rotatable bonds is 5. The van der Waals surface area contributed by atoms with Crippen LogP contribution in [0.4, 0.5) is 5.82 Å². The monoisotopic (exact) mass is 263 g/mol. The van der Waals surface area contributed by atoms with Crippen LogP contribution in [0.5, 0.6) is 0 Å². The van der Waals surface area contributed by atoms with Gasteiger partial charge in [0.15, 0.2) is 5.82 Å². The molecule has 19 heavy (non-hydrogen) atoms. The van der Waals surface area contributed by atoms with Crippen LogP contribution in [0.3, 0.4) is 0 Å². The van der Waals surface area contributed by atoms with Gasteiger partial charge in [-0.3, -0.25) is 4.79 Å². The molecule has 4 nitrogen and oxygen atoms in total.